The van der Waals surface area contributed by atoms with E-state index >= 15 is 0 Å². The highest BCUT2D eigenvalue weighted by Crippen LogP contribution is 2.19. The van der Waals surface area contributed by atoms with Gasteiger partial charge in [-0.3, -0.25) is 4.79 Å². The van der Waals surface area contributed by atoms with Crippen LogP contribution in [0.1, 0.15) is 49.8 Å². The lowest BCUT2D eigenvalue weighted by Gasteiger charge is -2.17. The van der Waals surface area contributed by atoms with Crippen LogP contribution in [-0.4, -0.2) is 39.2 Å². The van der Waals surface area contributed by atoms with Gasteiger partial charge in [0, 0.05) is 20.0 Å². The molecule has 25 heavy (non-hydrogen) atoms. The van der Waals surface area contributed by atoms with Gasteiger partial charge in [-0.05, 0) is 30.0 Å². The Kier molecular flexibility index (Phi) is 5.36. The molecule has 0 radical (unpaired) electrons. The fraction of sp³-hybridized carbons (Fsp3) is 0.526. The molecule has 0 aliphatic carbocycles. The Morgan fingerprint density at radius 3 is 2.76 bits per heavy atom. The van der Waals surface area contributed by atoms with Crippen molar-refractivity contribution in [2.24, 2.45) is 0 Å². The monoisotopic (exact) mass is 342 g/mol. The van der Waals surface area contributed by atoms with Crippen molar-refractivity contribution in [3.8, 4) is 5.75 Å². The summed E-state index contributed by atoms with van der Waals surface area (Å²) in [5.74, 6) is 3.25. The Labute approximate surface area is 148 Å². The number of hydrogen-bond donors (Lipinski definition) is 0. The quantitative estimate of drug-likeness (QED) is 0.776. The van der Waals surface area contributed by atoms with Gasteiger partial charge in [0.15, 0.2) is 5.82 Å². The molecule has 0 saturated carbocycles. The molecule has 0 atom stereocenters. The third kappa shape index (κ3) is 4.18. The van der Waals surface area contributed by atoms with Crippen molar-refractivity contribution in [3.63, 3.8) is 0 Å². The maximum atomic E-state index is 12.3. The van der Waals surface area contributed by atoms with Gasteiger partial charge in [0.25, 0.3) is 0 Å². The van der Waals surface area contributed by atoms with E-state index in [9.17, 15) is 4.79 Å². The maximum Gasteiger partial charge on any atom is 0.226 e. The first-order valence-electron chi connectivity index (χ1n) is 8.92. The van der Waals surface area contributed by atoms with E-state index in [2.05, 4.69) is 40.7 Å². The van der Waals surface area contributed by atoms with Crippen molar-refractivity contribution >= 4 is 5.91 Å². The summed E-state index contributed by atoms with van der Waals surface area (Å²) in [6.45, 7) is 6.15. The lowest BCUT2D eigenvalue weighted by molar-refractivity contribution is -0.131. The van der Waals surface area contributed by atoms with E-state index in [0.717, 1.165) is 36.8 Å². The summed E-state index contributed by atoms with van der Waals surface area (Å²) in [5.41, 5.74) is 1.28. The molecule has 2 heterocycles. The number of amides is 1. The topological polar surface area (TPSA) is 60.2 Å². The first kappa shape index (κ1) is 17.5. The lowest BCUT2D eigenvalue weighted by atomic mass is 10.0. The Bertz CT molecular complexity index is 722. The number of benzene rings is 1. The Hall–Kier alpha value is -2.37. The molecular formula is C19H26N4O2. The van der Waals surface area contributed by atoms with E-state index in [1.165, 1.54) is 5.56 Å². The summed E-state index contributed by atoms with van der Waals surface area (Å²) in [5, 5.41) is 8.38. The highest BCUT2D eigenvalue weighted by atomic mass is 16.5. The molecule has 0 saturated heterocycles. The van der Waals surface area contributed by atoms with Gasteiger partial charge < -0.3 is 14.2 Å². The predicted octanol–water partition coefficient (Wildman–Crippen LogP) is 2.78. The summed E-state index contributed by atoms with van der Waals surface area (Å²) in [7, 11) is 1.80. The van der Waals surface area contributed by atoms with Crippen LogP contribution in [0.5, 0.6) is 5.75 Å². The van der Waals surface area contributed by atoms with E-state index in [-0.39, 0.29) is 5.91 Å². The van der Waals surface area contributed by atoms with Crippen molar-refractivity contribution in [2.75, 3.05) is 13.7 Å². The predicted molar refractivity (Wildman–Crippen MR) is 95.5 cm³/mol. The number of aryl methyl sites for hydroxylation is 1. The molecule has 1 amide bonds. The molecular weight excluding hydrogens is 316 g/mol. The minimum atomic E-state index is 0.0501. The van der Waals surface area contributed by atoms with Gasteiger partial charge in [0.1, 0.15) is 11.6 Å². The van der Waals surface area contributed by atoms with Gasteiger partial charge in [0.05, 0.1) is 19.6 Å². The molecule has 1 aromatic heterocycles. The number of carbonyl (C=O) groups excluding carboxylic acids is 1. The third-order valence-corrected chi connectivity index (χ3v) is 4.62. The highest BCUT2D eigenvalue weighted by molar-refractivity contribution is 5.75. The summed E-state index contributed by atoms with van der Waals surface area (Å²) in [6, 6.07) is 8.06. The van der Waals surface area contributed by atoms with Crippen molar-refractivity contribution in [1.82, 2.24) is 19.7 Å². The van der Waals surface area contributed by atoms with Crippen molar-refractivity contribution < 1.29 is 9.53 Å². The zero-order valence-electron chi connectivity index (χ0n) is 15.2. The fourth-order valence-electron chi connectivity index (χ4n) is 3.02. The first-order valence-corrected chi connectivity index (χ1v) is 8.92. The molecule has 0 bridgehead atoms. The zero-order valence-corrected chi connectivity index (χ0v) is 15.2. The molecule has 6 heteroatoms. The van der Waals surface area contributed by atoms with Crippen LogP contribution in [0.3, 0.4) is 0 Å². The second-order valence-corrected chi connectivity index (χ2v) is 6.86. The average Bonchev–Trinajstić information content (AvgIpc) is 3.20. The average molecular weight is 342 g/mol. The molecule has 1 aromatic carbocycles. The summed E-state index contributed by atoms with van der Waals surface area (Å²) in [6.07, 6.45) is 2.44. The molecule has 0 unspecified atom stereocenters. The molecule has 2 aromatic rings. The van der Waals surface area contributed by atoms with E-state index in [4.69, 9.17) is 4.74 Å². The van der Waals surface area contributed by atoms with E-state index in [0.29, 0.717) is 25.5 Å². The minimum Gasteiger partial charge on any atom is -0.493 e. The molecule has 134 valence electrons. The molecule has 0 spiro atoms. The Morgan fingerprint density at radius 1 is 1.28 bits per heavy atom. The van der Waals surface area contributed by atoms with Crippen LogP contribution in [0.25, 0.3) is 0 Å². The van der Waals surface area contributed by atoms with Gasteiger partial charge in [-0.25, -0.2) is 0 Å². The highest BCUT2D eigenvalue weighted by Gasteiger charge is 2.19. The number of fused-ring (bicyclic) bond motifs is 1. The van der Waals surface area contributed by atoms with Gasteiger partial charge in [-0.2, -0.15) is 0 Å². The molecule has 0 N–H and O–H groups in total. The Balaban J connectivity index is 1.45. The molecule has 1 aliphatic rings. The van der Waals surface area contributed by atoms with Crippen molar-refractivity contribution in [3.05, 3.63) is 41.5 Å². The summed E-state index contributed by atoms with van der Waals surface area (Å²) < 4.78 is 7.81. The fourth-order valence-corrected chi connectivity index (χ4v) is 3.02. The normalized spacial score (nSPS) is 13.1. The van der Waals surface area contributed by atoms with Gasteiger partial charge in [-0.1, -0.05) is 26.0 Å². The standard InChI is InChI=1S/C19H26N4O2/c1-14(2)15-6-8-16(9-7-15)25-12-10-19(24)22(3)13-18-21-20-17-5-4-11-23(17)18/h6-9,14H,4-5,10-13H2,1-3H3. The van der Waals surface area contributed by atoms with Gasteiger partial charge >= 0.3 is 0 Å². The van der Waals surface area contributed by atoms with Crippen LogP contribution >= 0.6 is 0 Å². The largest absolute Gasteiger partial charge is 0.493 e. The Morgan fingerprint density at radius 2 is 2.04 bits per heavy atom. The molecule has 1 aliphatic heterocycles. The van der Waals surface area contributed by atoms with Crippen LogP contribution in [0.2, 0.25) is 0 Å². The second kappa shape index (κ2) is 7.68. The maximum absolute atomic E-state index is 12.3. The first-order chi connectivity index (χ1) is 12.0. The SMILES string of the molecule is CC(C)c1ccc(OCCC(=O)N(C)Cc2nnc3n2CCC3)cc1. The van der Waals surface area contributed by atoms with Crippen LogP contribution in [-0.2, 0) is 24.3 Å². The summed E-state index contributed by atoms with van der Waals surface area (Å²) in [4.78, 5) is 14.0. The number of ether oxygens (including phenoxy) is 1. The third-order valence-electron chi connectivity index (χ3n) is 4.62. The van der Waals surface area contributed by atoms with Crippen LogP contribution < -0.4 is 4.74 Å². The molecule has 6 nitrogen and oxygen atoms in total. The van der Waals surface area contributed by atoms with Crippen molar-refractivity contribution in [1.29, 1.82) is 0 Å². The number of carbonyl (C=O) groups is 1. The second-order valence-electron chi connectivity index (χ2n) is 6.86. The number of hydrogen-bond acceptors (Lipinski definition) is 4. The van der Waals surface area contributed by atoms with E-state index in [1.807, 2.05) is 12.1 Å². The lowest BCUT2D eigenvalue weighted by Crippen LogP contribution is -2.28. The molecule has 3 rings (SSSR count). The number of rotatable bonds is 7. The van der Waals surface area contributed by atoms with Crippen molar-refractivity contribution in [2.45, 2.75) is 52.1 Å². The van der Waals surface area contributed by atoms with Crippen LogP contribution in [0.15, 0.2) is 24.3 Å². The number of nitrogens with zero attached hydrogens (tertiary/aromatic N) is 4. The minimum absolute atomic E-state index is 0.0501. The van der Waals surface area contributed by atoms with E-state index in [1.54, 1.807) is 11.9 Å². The van der Waals surface area contributed by atoms with E-state index < -0.39 is 0 Å². The summed E-state index contributed by atoms with van der Waals surface area (Å²) >= 11 is 0. The molecule has 0 fully saturated rings. The van der Waals surface area contributed by atoms with Gasteiger partial charge in [-0.15, -0.1) is 10.2 Å². The van der Waals surface area contributed by atoms with Crippen LogP contribution in [0.4, 0.5) is 0 Å². The zero-order chi connectivity index (χ0) is 17.8. The number of aromatic nitrogens is 3. The van der Waals surface area contributed by atoms with Crippen LogP contribution in [0, 0.1) is 0 Å². The smallest absolute Gasteiger partial charge is 0.226 e. The van der Waals surface area contributed by atoms with Gasteiger partial charge in [0.2, 0.25) is 5.91 Å².